The molecular weight excluding hydrogens is 326 g/mol. The van der Waals surface area contributed by atoms with E-state index in [9.17, 15) is 9.59 Å². The molecule has 2 heterocycles. The van der Waals surface area contributed by atoms with Crippen LogP contribution in [0.25, 0.3) is 0 Å². The minimum absolute atomic E-state index is 0.0408. The van der Waals surface area contributed by atoms with Crippen LogP contribution in [0.15, 0.2) is 24.5 Å². The van der Waals surface area contributed by atoms with Gasteiger partial charge in [-0.3, -0.25) is 14.6 Å². The SMILES string of the molecule is CCC1CCCCN1C(=O)C1CCC(C(=O)NCc2cccnc2)CC1. The number of amides is 2. The van der Waals surface area contributed by atoms with Crippen molar-refractivity contribution in [3.05, 3.63) is 30.1 Å². The first-order chi connectivity index (χ1) is 12.7. The molecule has 3 rings (SSSR count). The molecule has 1 unspecified atom stereocenters. The topological polar surface area (TPSA) is 62.3 Å². The van der Waals surface area contributed by atoms with Crippen LogP contribution in [-0.4, -0.2) is 34.3 Å². The maximum absolute atomic E-state index is 12.9. The summed E-state index contributed by atoms with van der Waals surface area (Å²) in [4.78, 5) is 31.6. The van der Waals surface area contributed by atoms with Crippen molar-refractivity contribution in [1.82, 2.24) is 15.2 Å². The van der Waals surface area contributed by atoms with Crippen molar-refractivity contribution in [3.63, 3.8) is 0 Å². The van der Waals surface area contributed by atoms with Gasteiger partial charge in [-0.1, -0.05) is 13.0 Å². The number of likely N-dealkylation sites (tertiary alicyclic amines) is 1. The summed E-state index contributed by atoms with van der Waals surface area (Å²) in [5, 5.41) is 3.02. The summed E-state index contributed by atoms with van der Waals surface area (Å²) in [6.45, 7) is 3.63. The highest BCUT2D eigenvalue weighted by molar-refractivity contribution is 5.81. The van der Waals surface area contributed by atoms with Gasteiger partial charge < -0.3 is 10.2 Å². The van der Waals surface area contributed by atoms with Crippen molar-refractivity contribution in [1.29, 1.82) is 0 Å². The van der Waals surface area contributed by atoms with E-state index >= 15 is 0 Å². The van der Waals surface area contributed by atoms with Crippen LogP contribution < -0.4 is 5.32 Å². The van der Waals surface area contributed by atoms with E-state index in [0.29, 0.717) is 18.5 Å². The van der Waals surface area contributed by atoms with Gasteiger partial charge in [0.2, 0.25) is 11.8 Å². The summed E-state index contributed by atoms with van der Waals surface area (Å²) in [5.74, 6) is 0.610. The molecule has 1 saturated carbocycles. The Hall–Kier alpha value is -1.91. The van der Waals surface area contributed by atoms with Gasteiger partial charge in [0.25, 0.3) is 0 Å². The minimum Gasteiger partial charge on any atom is -0.352 e. The number of hydrogen-bond donors (Lipinski definition) is 1. The Morgan fingerprint density at radius 1 is 1.15 bits per heavy atom. The molecule has 2 aliphatic rings. The maximum Gasteiger partial charge on any atom is 0.225 e. The smallest absolute Gasteiger partial charge is 0.225 e. The monoisotopic (exact) mass is 357 g/mol. The molecular formula is C21H31N3O2. The highest BCUT2D eigenvalue weighted by Crippen LogP contribution is 2.32. The van der Waals surface area contributed by atoms with E-state index in [0.717, 1.165) is 57.1 Å². The quantitative estimate of drug-likeness (QED) is 0.879. The first-order valence-corrected chi connectivity index (χ1v) is 10.2. The van der Waals surface area contributed by atoms with Gasteiger partial charge in [-0.2, -0.15) is 0 Å². The number of nitrogens with zero attached hydrogens (tertiary/aromatic N) is 2. The predicted molar refractivity (Wildman–Crippen MR) is 101 cm³/mol. The fraction of sp³-hybridized carbons (Fsp3) is 0.667. The number of rotatable bonds is 5. The fourth-order valence-corrected chi connectivity index (χ4v) is 4.39. The van der Waals surface area contributed by atoms with Crippen molar-refractivity contribution < 1.29 is 9.59 Å². The number of carbonyl (C=O) groups is 2. The van der Waals surface area contributed by atoms with E-state index in [1.165, 1.54) is 6.42 Å². The first-order valence-electron chi connectivity index (χ1n) is 10.2. The average molecular weight is 357 g/mol. The molecule has 2 amide bonds. The highest BCUT2D eigenvalue weighted by atomic mass is 16.2. The Kier molecular flexibility index (Phi) is 6.64. The molecule has 2 fully saturated rings. The Morgan fingerprint density at radius 2 is 1.92 bits per heavy atom. The van der Waals surface area contributed by atoms with E-state index < -0.39 is 0 Å². The number of aromatic nitrogens is 1. The summed E-state index contributed by atoms with van der Waals surface area (Å²) < 4.78 is 0. The third-order valence-electron chi connectivity index (χ3n) is 6.02. The lowest BCUT2D eigenvalue weighted by molar-refractivity contribution is -0.142. The molecule has 1 N–H and O–H groups in total. The second-order valence-electron chi connectivity index (χ2n) is 7.72. The molecule has 26 heavy (non-hydrogen) atoms. The van der Waals surface area contributed by atoms with Gasteiger partial charge in [-0.05, 0) is 63.0 Å². The largest absolute Gasteiger partial charge is 0.352 e. The lowest BCUT2D eigenvalue weighted by Gasteiger charge is -2.39. The minimum atomic E-state index is 0.0408. The van der Waals surface area contributed by atoms with Gasteiger partial charge in [0.05, 0.1) is 0 Å². The molecule has 0 radical (unpaired) electrons. The van der Waals surface area contributed by atoms with Crippen LogP contribution in [0.4, 0.5) is 0 Å². The van der Waals surface area contributed by atoms with E-state index in [1.807, 2.05) is 12.1 Å². The van der Waals surface area contributed by atoms with Gasteiger partial charge in [0.15, 0.2) is 0 Å². The van der Waals surface area contributed by atoms with Crippen molar-refractivity contribution >= 4 is 11.8 Å². The Bertz CT molecular complexity index is 597. The van der Waals surface area contributed by atoms with Crippen LogP contribution in [0.2, 0.25) is 0 Å². The van der Waals surface area contributed by atoms with Gasteiger partial charge in [0, 0.05) is 43.4 Å². The second-order valence-corrected chi connectivity index (χ2v) is 7.72. The summed E-state index contributed by atoms with van der Waals surface area (Å²) >= 11 is 0. The lowest BCUT2D eigenvalue weighted by Crippen LogP contribution is -2.47. The van der Waals surface area contributed by atoms with Gasteiger partial charge >= 0.3 is 0 Å². The van der Waals surface area contributed by atoms with Crippen molar-refractivity contribution in [2.24, 2.45) is 11.8 Å². The van der Waals surface area contributed by atoms with Gasteiger partial charge in [0.1, 0.15) is 0 Å². The van der Waals surface area contributed by atoms with Crippen LogP contribution in [0.3, 0.4) is 0 Å². The summed E-state index contributed by atoms with van der Waals surface area (Å²) in [5.41, 5.74) is 1.01. The number of hydrogen-bond acceptors (Lipinski definition) is 3. The second kappa shape index (κ2) is 9.15. The average Bonchev–Trinajstić information content (AvgIpc) is 2.72. The van der Waals surface area contributed by atoms with Crippen LogP contribution in [0.5, 0.6) is 0 Å². The zero-order valence-electron chi connectivity index (χ0n) is 15.8. The van der Waals surface area contributed by atoms with Crippen LogP contribution >= 0.6 is 0 Å². The molecule has 0 aromatic carbocycles. The Morgan fingerprint density at radius 3 is 2.62 bits per heavy atom. The molecule has 1 saturated heterocycles. The van der Waals surface area contributed by atoms with Crippen LogP contribution in [0, 0.1) is 11.8 Å². The molecule has 1 aromatic rings. The molecule has 0 bridgehead atoms. The Balaban J connectivity index is 1.46. The lowest BCUT2D eigenvalue weighted by atomic mass is 9.80. The van der Waals surface area contributed by atoms with E-state index in [1.54, 1.807) is 12.4 Å². The van der Waals surface area contributed by atoms with Gasteiger partial charge in [-0.25, -0.2) is 0 Å². The third kappa shape index (κ3) is 4.63. The first kappa shape index (κ1) is 18.9. The van der Waals surface area contributed by atoms with E-state index in [4.69, 9.17) is 0 Å². The zero-order chi connectivity index (χ0) is 18.4. The van der Waals surface area contributed by atoms with E-state index in [2.05, 4.69) is 22.1 Å². The molecule has 5 heteroatoms. The van der Waals surface area contributed by atoms with E-state index in [-0.39, 0.29) is 17.7 Å². The zero-order valence-corrected chi connectivity index (χ0v) is 15.8. The predicted octanol–water partition coefficient (Wildman–Crippen LogP) is 3.30. The number of carbonyl (C=O) groups excluding carboxylic acids is 2. The normalized spacial score (nSPS) is 26.3. The molecule has 1 atom stereocenters. The summed E-state index contributed by atoms with van der Waals surface area (Å²) in [6, 6.07) is 4.27. The fourth-order valence-electron chi connectivity index (χ4n) is 4.39. The molecule has 1 aliphatic heterocycles. The van der Waals surface area contributed by atoms with Crippen molar-refractivity contribution in [3.8, 4) is 0 Å². The summed E-state index contributed by atoms with van der Waals surface area (Å²) in [7, 11) is 0. The van der Waals surface area contributed by atoms with Crippen molar-refractivity contribution in [2.45, 2.75) is 70.9 Å². The molecule has 142 valence electrons. The number of pyridine rings is 1. The standard InChI is InChI=1S/C21H31N3O2/c1-2-19-7-3-4-13-24(19)21(26)18-10-8-17(9-11-18)20(25)23-15-16-6-5-12-22-14-16/h5-6,12,14,17-19H,2-4,7-11,13,15H2,1H3,(H,23,25). The molecule has 0 spiro atoms. The number of piperidine rings is 1. The third-order valence-corrected chi connectivity index (χ3v) is 6.02. The molecule has 1 aromatic heterocycles. The van der Waals surface area contributed by atoms with Crippen molar-refractivity contribution in [2.75, 3.05) is 6.54 Å². The Labute approximate surface area is 156 Å². The van der Waals surface area contributed by atoms with Crippen LogP contribution in [0.1, 0.15) is 63.9 Å². The molecule has 5 nitrogen and oxygen atoms in total. The summed E-state index contributed by atoms with van der Waals surface area (Å²) in [6.07, 6.45) is 11.4. The van der Waals surface area contributed by atoms with Crippen LogP contribution in [-0.2, 0) is 16.1 Å². The number of nitrogens with one attached hydrogen (secondary N) is 1. The highest BCUT2D eigenvalue weighted by Gasteiger charge is 2.34. The van der Waals surface area contributed by atoms with Gasteiger partial charge in [-0.15, -0.1) is 0 Å². The maximum atomic E-state index is 12.9. The molecule has 1 aliphatic carbocycles.